The van der Waals surface area contributed by atoms with Gasteiger partial charge < -0.3 is 10.4 Å². The van der Waals surface area contributed by atoms with Crippen molar-refractivity contribution in [2.75, 3.05) is 11.9 Å². The molecule has 0 aliphatic carbocycles. The molecular weight excluding hydrogens is 154 g/mol. The Bertz CT molecular complexity index is 250. The van der Waals surface area contributed by atoms with E-state index < -0.39 is 0 Å². The maximum Gasteiger partial charge on any atom is 0.147 e. The molecule has 0 spiro atoms. The predicted molar refractivity (Wildman–Crippen MR) is 46.9 cm³/mol. The van der Waals surface area contributed by atoms with Gasteiger partial charge in [-0.15, -0.1) is 0 Å². The second-order valence-electron chi connectivity index (χ2n) is 2.72. The fourth-order valence-electron chi connectivity index (χ4n) is 0.826. The molecule has 0 fully saturated rings. The van der Waals surface area contributed by atoms with Gasteiger partial charge in [-0.25, -0.2) is 4.98 Å². The molecule has 2 N–H and O–H groups in total. The number of nitrogens with zero attached hydrogens (tertiary/aromatic N) is 2. The first-order valence-corrected chi connectivity index (χ1v) is 3.89. The van der Waals surface area contributed by atoms with Crippen LogP contribution in [0.5, 0.6) is 0 Å². The Morgan fingerprint density at radius 3 is 2.75 bits per heavy atom. The molecule has 66 valence electrons. The highest BCUT2D eigenvalue weighted by molar-refractivity contribution is 5.38. The molecule has 0 aromatic carbocycles. The normalized spacial score (nSPS) is 12.6. The van der Waals surface area contributed by atoms with Crippen LogP contribution in [-0.2, 0) is 0 Å². The number of nitrogens with one attached hydrogen (secondary N) is 1. The highest BCUT2D eigenvalue weighted by atomic mass is 16.3. The van der Waals surface area contributed by atoms with Crippen LogP contribution in [0, 0.1) is 6.92 Å². The minimum absolute atomic E-state index is 0.369. The Morgan fingerprint density at radius 1 is 1.50 bits per heavy atom. The lowest BCUT2D eigenvalue weighted by Gasteiger charge is -2.08. The average molecular weight is 167 g/mol. The Balaban J connectivity index is 2.57. The molecule has 4 nitrogen and oxygen atoms in total. The number of aliphatic hydroxyl groups excluding tert-OH is 1. The third-order valence-electron chi connectivity index (χ3n) is 1.45. The first-order valence-electron chi connectivity index (χ1n) is 3.89. The largest absolute Gasteiger partial charge is 0.392 e. The van der Waals surface area contributed by atoms with E-state index in [4.69, 9.17) is 5.11 Å². The van der Waals surface area contributed by atoms with Gasteiger partial charge in [0.05, 0.1) is 11.8 Å². The topological polar surface area (TPSA) is 58.0 Å². The van der Waals surface area contributed by atoms with Crippen molar-refractivity contribution >= 4 is 5.82 Å². The highest BCUT2D eigenvalue weighted by Crippen LogP contribution is 2.05. The summed E-state index contributed by atoms with van der Waals surface area (Å²) in [5, 5.41) is 12.0. The molecule has 1 atom stereocenters. The van der Waals surface area contributed by atoms with Crippen LogP contribution in [0.4, 0.5) is 5.82 Å². The first-order chi connectivity index (χ1) is 5.70. The molecule has 0 unspecified atom stereocenters. The van der Waals surface area contributed by atoms with E-state index in [0.29, 0.717) is 6.54 Å². The van der Waals surface area contributed by atoms with Crippen molar-refractivity contribution in [3.8, 4) is 0 Å². The van der Waals surface area contributed by atoms with E-state index in [2.05, 4.69) is 15.3 Å². The second kappa shape index (κ2) is 4.01. The lowest BCUT2D eigenvalue weighted by Crippen LogP contribution is -2.16. The van der Waals surface area contributed by atoms with E-state index in [-0.39, 0.29) is 6.10 Å². The van der Waals surface area contributed by atoms with E-state index in [9.17, 15) is 0 Å². The van der Waals surface area contributed by atoms with Crippen LogP contribution in [0.3, 0.4) is 0 Å². The molecule has 1 heterocycles. The number of aryl methyl sites for hydroxylation is 1. The number of hydrogen-bond acceptors (Lipinski definition) is 4. The van der Waals surface area contributed by atoms with Crippen LogP contribution >= 0.6 is 0 Å². The highest BCUT2D eigenvalue weighted by Gasteiger charge is 1.99. The van der Waals surface area contributed by atoms with Crippen LogP contribution in [0.15, 0.2) is 12.4 Å². The van der Waals surface area contributed by atoms with Gasteiger partial charge in [-0.1, -0.05) is 0 Å². The molecule has 1 rings (SSSR count). The summed E-state index contributed by atoms with van der Waals surface area (Å²) in [5.41, 5.74) is 0.846. The lowest BCUT2D eigenvalue weighted by atomic mass is 10.4. The summed E-state index contributed by atoms with van der Waals surface area (Å²) in [6.45, 7) is 4.09. The van der Waals surface area contributed by atoms with Gasteiger partial charge in [-0.2, -0.15) is 0 Å². The molecule has 0 bridgehead atoms. The second-order valence-corrected chi connectivity index (χ2v) is 2.72. The molecule has 1 aromatic rings. The van der Waals surface area contributed by atoms with E-state index in [1.54, 1.807) is 19.3 Å². The van der Waals surface area contributed by atoms with Gasteiger partial charge in [0.15, 0.2) is 0 Å². The molecule has 0 aliphatic heterocycles. The van der Waals surface area contributed by atoms with E-state index in [1.165, 1.54) is 0 Å². The lowest BCUT2D eigenvalue weighted by molar-refractivity contribution is 0.208. The quantitative estimate of drug-likeness (QED) is 0.691. The molecule has 0 radical (unpaired) electrons. The molecule has 0 amide bonds. The van der Waals surface area contributed by atoms with Crippen LogP contribution in [-0.4, -0.2) is 27.7 Å². The Labute approximate surface area is 71.7 Å². The molecule has 1 aromatic heterocycles. The summed E-state index contributed by atoms with van der Waals surface area (Å²) < 4.78 is 0. The maximum atomic E-state index is 8.99. The van der Waals surface area contributed by atoms with E-state index in [0.717, 1.165) is 11.5 Å². The Kier molecular flexibility index (Phi) is 2.99. The molecular formula is C8H13N3O. The average Bonchev–Trinajstić information content (AvgIpc) is 2.03. The van der Waals surface area contributed by atoms with Gasteiger partial charge in [0, 0.05) is 18.9 Å². The fourth-order valence-corrected chi connectivity index (χ4v) is 0.826. The van der Waals surface area contributed by atoms with E-state index >= 15 is 0 Å². The van der Waals surface area contributed by atoms with Crippen LogP contribution in [0.2, 0.25) is 0 Å². The van der Waals surface area contributed by atoms with Crippen molar-refractivity contribution < 1.29 is 5.11 Å². The molecule has 12 heavy (non-hydrogen) atoms. The van der Waals surface area contributed by atoms with Gasteiger partial charge in [0.25, 0.3) is 0 Å². The zero-order valence-corrected chi connectivity index (χ0v) is 7.28. The smallest absolute Gasteiger partial charge is 0.147 e. The maximum absolute atomic E-state index is 8.99. The molecule has 0 saturated heterocycles. The number of aromatic nitrogens is 2. The van der Waals surface area contributed by atoms with Crippen molar-refractivity contribution in [3.05, 3.63) is 18.1 Å². The van der Waals surface area contributed by atoms with Crippen molar-refractivity contribution in [1.82, 2.24) is 9.97 Å². The monoisotopic (exact) mass is 167 g/mol. The Morgan fingerprint density at radius 2 is 2.17 bits per heavy atom. The standard InChI is InChI=1S/C8H13N3O/c1-6(12)5-11-8-7(2)9-3-4-10-8/h3-4,6,12H,5H2,1-2H3,(H,10,11)/t6-/m0/s1. The first kappa shape index (κ1) is 8.93. The van der Waals surface area contributed by atoms with Crippen LogP contribution < -0.4 is 5.32 Å². The summed E-state index contributed by atoms with van der Waals surface area (Å²) in [5.74, 6) is 0.735. The van der Waals surface area contributed by atoms with Gasteiger partial charge >= 0.3 is 0 Å². The molecule has 0 aliphatic rings. The number of anilines is 1. The van der Waals surface area contributed by atoms with Gasteiger partial charge in [-0.3, -0.25) is 4.98 Å². The molecule has 0 saturated carbocycles. The summed E-state index contributed by atoms with van der Waals surface area (Å²) in [6, 6.07) is 0. The van der Waals surface area contributed by atoms with E-state index in [1.807, 2.05) is 6.92 Å². The summed E-state index contributed by atoms with van der Waals surface area (Å²) in [7, 11) is 0. The van der Waals surface area contributed by atoms with Gasteiger partial charge in [-0.05, 0) is 13.8 Å². The zero-order chi connectivity index (χ0) is 8.97. The number of aliphatic hydroxyl groups is 1. The number of hydrogen-bond donors (Lipinski definition) is 2. The zero-order valence-electron chi connectivity index (χ0n) is 7.28. The SMILES string of the molecule is Cc1nccnc1NC[C@H](C)O. The van der Waals surface area contributed by atoms with Crippen molar-refractivity contribution in [3.63, 3.8) is 0 Å². The van der Waals surface area contributed by atoms with Gasteiger partial charge in [0.1, 0.15) is 5.82 Å². The van der Waals surface area contributed by atoms with Crippen molar-refractivity contribution in [2.45, 2.75) is 20.0 Å². The van der Waals surface area contributed by atoms with Crippen LogP contribution in [0.25, 0.3) is 0 Å². The van der Waals surface area contributed by atoms with Crippen molar-refractivity contribution in [1.29, 1.82) is 0 Å². The Hall–Kier alpha value is -1.16. The van der Waals surface area contributed by atoms with Crippen molar-refractivity contribution in [2.24, 2.45) is 0 Å². The summed E-state index contributed by atoms with van der Waals surface area (Å²) in [6.07, 6.45) is 2.90. The predicted octanol–water partition coefficient (Wildman–Crippen LogP) is 0.578. The minimum Gasteiger partial charge on any atom is -0.392 e. The summed E-state index contributed by atoms with van der Waals surface area (Å²) in [4.78, 5) is 8.12. The summed E-state index contributed by atoms with van der Waals surface area (Å²) >= 11 is 0. The van der Waals surface area contributed by atoms with Crippen LogP contribution in [0.1, 0.15) is 12.6 Å². The fraction of sp³-hybridized carbons (Fsp3) is 0.500. The van der Waals surface area contributed by atoms with Gasteiger partial charge in [0.2, 0.25) is 0 Å². The third-order valence-corrected chi connectivity index (χ3v) is 1.45. The minimum atomic E-state index is -0.369. The number of rotatable bonds is 3. The molecule has 4 heteroatoms. The third kappa shape index (κ3) is 2.47.